The lowest BCUT2D eigenvalue weighted by Crippen LogP contribution is -2.42. The van der Waals surface area contributed by atoms with Crippen molar-refractivity contribution >= 4 is 11.9 Å². The summed E-state index contributed by atoms with van der Waals surface area (Å²) in [5.74, 6) is -1.89. The third-order valence-electron chi connectivity index (χ3n) is 3.51. The lowest BCUT2D eigenvalue weighted by molar-refractivity contribution is -0.274. The van der Waals surface area contributed by atoms with Gasteiger partial charge in [0.25, 0.3) is 0 Å². The van der Waals surface area contributed by atoms with Crippen molar-refractivity contribution in [2.75, 3.05) is 6.54 Å². The SMILES string of the molecule is CC(CNC(=O)C(C)(C)c1ccc(OC(F)(F)F)cc1)CC(=O)O. The largest absolute Gasteiger partial charge is 0.573 e. The van der Waals surface area contributed by atoms with Crippen molar-refractivity contribution in [3.05, 3.63) is 29.8 Å². The zero-order valence-corrected chi connectivity index (χ0v) is 13.6. The van der Waals surface area contributed by atoms with Crippen molar-refractivity contribution in [1.29, 1.82) is 0 Å². The van der Waals surface area contributed by atoms with Crippen LogP contribution in [0.15, 0.2) is 24.3 Å². The summed E-state index contributed by atoms with van der Waals surface area (Å²) in [6.45, 7) is 5.15. The molecule has 134 valence electrons. The number of halogens is 3. The van der Waals surface area contributed by atoms with Crippen molar-refractivity contribution in [1.82, 2.24) is 5.32 Å². The second kappa shape index (κ2) is 7.55. The monoisotopic (exact) mass is 347 g/mol. The molecule has 1 unspecified atom stereocenters. The highest BCUT2D eigenvalue weighted by Gasteiger charge is 2.32. The third kappa shape index (κ3) is 6.10. The molecule has 1 aromatic carbocycles. The van der Waals surface area contributed by atoms with E-state index in [1.165, 1.54) is 12.1 Å². The fourth-order valence-corrected chi connectivity index (χ4v) is 2.06. The molecule has 8 heteroatoms. The van der Waals surface area contributed by atoms with Gasteiger partial charge in [-0.1, -0.05) is 19.1 Å². The summed E-state index contributed by atoms with van der Waals surface area (Å²) < 4.78 is 40.2. The molecule has 2 N–H and O–H groups in total. The first-order valence-electron chi connectivity index (χ1n) is 7.28. The van der Waals surface area contributed by atoms with Gasteiger partial charge in [-0.15, -0.1) is 13.2 Å². The van der Waals surface area contributed by atoms with Gasteiger partial charge in [-0.05, 0) is 37.5 Å². The third-order valence-corrected chi connectivity index (χ3v) is 3.51. The molecule has 5 nitrogen and oxygen atoms in total. The van der Waals surface area contributed by atoms with Crippen molar-refractivity contribution in [2.45, 2.75) is 39.0 Å². The number of rotatable bonds is 7. The van der Waals surface area contributed by atoms with E-state index in [2.05, 4.69) is 10.1 Å². The number of carbonyl (C=O) groups is 2. The zero-order chi connectivity index (χ0) is 18.5. The summed E-state index contributed by atoms with van der Waals surface area (Å²) >= 11 is 0. The Morgan fingerprint density at radius 3 is 2.21 bits per heavy atom. The highest BCUT2D eigenvalue weighted by molar-refractivity contribution is 5.87. The smallest absolute Gasteiger partial charge is 0.481 e. The average molecular weight is 347 g/mol. The quantitative estimate of drug-likeness (QED) is 0.795. The molecule has 0 heterocycles. The normalized spacial score (nSPS) is 13.2. The van der Waals surface area contributed by atoms with Crippen LogP contribution in [0.25, 0.3) is 0 Å². The summed E-state index contributed by atoms with van der Waals surface area (Å²) in [7, 11) is 0. The molecule has 0 radical (unpaired) electrons. The van der Waals surface area contributed by atoms with E-state index >= 15 is 0 Å². The van der Waals surface area contributed by atoms with E-state index in [0.717, 1.165) is 12.1 Å². The second-order valence-corrected chi connectivity index (χ2v) is 6.11. The molecule has 1 amide bonds. The Labute approximate surface area is 137 Å². The molecule has 1 aromatic rings. The molecule has 1 atom stereocenters. The molecule has 1 rings (SSSR count). The lowest BCUT2D eigenvalue weighted by atomic mass is 9.83. The minimum Gasteiger partial charge on any atom is -0.481 e. The maximum Gasteiger partial charge on any atom is 0.573 e. The number of carbonyl (C=O) groups excluding carboxylic acids is 1. The van der Waals surface area contributed by atoms with Crippen molar-refractivity contribution in [2.24, 2.45) is 5.92 Å². The number of aliphatic carboxylic acids is 1. The van der Waals surface area contributed by atoms with Gasteiger partial charge in [-0.25, -0.2) is 0 Å². The molecule has 0 aliphatic carbocycles. The van der Waals surface area contributed by atoms with Crippen molar-refractivity contribution in [3.63, 3.8) is 0 Å². The number of benzene rings is 1. The van der Waals surface area contributed by atoms with Crippen LogP contribution in [-0.4, -0.2) is 29.9 Å². The van der Waals surface area contributed by atoms with E-state index in [-0.39, 0.29) is 30.5 Å². The Hall–Kier alpha value is -2.25. The van der Waals surface area contributed by atoms with Gasteiger partial charge in [0, 0.05) is 13.0 Å². The molecule has 24 heavy (non-hydrogen) atoms. The van der Waals surface area contributed by atoms with Gasteiger partial charge in [-0.2, -0.15) is 0 Å². The average Bonchev–Trinajstić information content (AvgIpc) is 2.42. The number of alkyl halides is 3. The standard InChI is InChI=1S/C16H20F3NO4/c1-10(8-13(21)22)9-20-14(23)15(2,3)11-4-6-12(7-5-11)24-16(17,18)19/h4-7,10H,8-9H2,1-3H3,(H,20,23)(H,21,22). The van der Waals surface area contributed by atoms with E-state index in [1.807, 2.05) is 0 Å². The number of amides is 1. The van der Waals surface area contributed by atoms with E-state index in [0.29, 0.717) is 5.56 Å². The number of carboxylic acids is 1. The van der Waals surface area contributed by atoms with Gasteiger partial charge >= 0.3 is 12.3 Å². The number of ether oxygens (including phenoxy) is 1. The van der Waals surface area contributed by atoms with Crippen LogP contribution in [0.3, 0.4) is 0 Å². The van der Waals surface area contributed by atoms with E-state index in [9.17, 15) is 22.8 Å². The first-order valence-corrected chi connectivity index (χ1v) is 7.28. The van der Waals surface area contributed by atoms with Gasteiger partial charge in [0.1, 0.15) is 5.75 Å². The summed E-state index contributed by atoms with van der Waals surface area (Å²) in [4.78, 5) is 22.9. The predicted molar refractivity (Wildman–Crippen MR) is 80.6 cm³/mol. The van der Waals surface area contributed by atoms with Gasteiger partial charge in [0.2, 0.25) is 5.91 Å². The molecule has 0 saturated carbocycles. The van der Waals surface area contributed by atoms with Crippen LogP contribution < -0.4 is 10.1 Å². The first-order chi connectivity index (χ1) is 10.9. The molecule has 0 aliphatic rings. The van der Waals surface area contributed by atoms with Crippen LogP contribution in [0.2, 0.25) is 0 Å². The van der Waals surface area contributed by atoms with Gasteiger partial charge < -0.3 is 15.2 Å². The van der Waals surface area contributed by atoms with E-state index in [4.69, 9.17) is 5.11 Å². The van der Waals surface area contributed by atoms with Crippen LogP contribution in [0.1, 0.15) is 32.8 Å². The summed E-state index contributed by atoms with van der Waals surface area (Å²) in [6, 6.07) is 5.07. The maximum absolute atomic E-state index is 12.3. The van der Waals surface area contributed by atoms with Gasteiger partial charge in [0.05, 0.1) is 5.41 Å². The lowest BCUT2D eigenvalue weighted by Gasteiger charge is -2.25. The number of hydrogen-bond donors (Lipinski definition) is 2. The topological polar surface area (TPSA) is 75.6 Å². The first kappa shape index (κ1) is 19.8. The molecule has 0 aromatic heterocycles. The Balaban J connectivity index is 2.72. The fraction of sp³-hybridized carbons (Fsp3) is 0.500. The molecular weight excluding hydrogens is 327 g/mol. The zero-order valence-electron chi connectivity index (χ0n) is 13.6. The molecule has 0 aliphatic heterocycles. The summed E-state index contributed by atoms with van der Waals surface area (Å²) in [5, 5.41) is 11.4. The summed E-state index contributed by atoms with van der Waals surface area (Å²) in [5.41, 5.74) is -0.472. The minimum atomic E-state index is -4.77. The number of carboxylic acid groups (broad SMARTS) is 1. The van der Waals surface area contributed by atoms with Crippen molar-refractivity contribution in [3.8, 4) is 5.75 Å². The Morgan fingerprint density at radius 1 is 1.21 bits per heavy atom. The molecule has 0 bridgehead atoms. The van der Waals surface area contributed by atoms with Gasteiger partial charge in [0.15, 0.2) is 0 Å². The van der Waals surface area contributed by atoms with Crippen LogP contribution in [0.4, 0.5) is 13.2 Å². The Morgan fingerprint density at radius 2 is 1.75 bits per heavy atom. The molecule has 0 spiro atoms. The number of hydrogen-bond acceptors (Lipinski definition) is 3. The van der Waals surface area contributed by atoms with Crippen LogP contribution in [0.5, 0.6) is 5.75 Å². The van der Waals surface area contributed by atoms with E-state index < -0.39 is 17.7 Å². The predicted octanol–water partition coefficient (Wildman–Crippen LogP) is 3.09. The second-order valence-electron chi connectivity index (χ2n) is 6.11. The van der Waals surface area contributed by atoms with Crippen LogP contribution in [-0.2, 0) is 15.0 Å². The molecular formula is C16H20F3NO4. The highest BCUT2D eigenvalue weighted by Crippen LogP contribution is 2.28. The van der Waals surface area contributed by atoms with Crippen LogP contribution in [0, 0.1) is 5.92 Å². The Bertz CT molecular complexity index is 582. The van der Waals surface area contributed by atoms with Crippen LogP contribution >= 0.6 is 0 Å². The minimum absolute atomic E-state index is 0.0653. The van der Waals surface area contributed by atoms with Crippen molar-refractivity contribution < 1.29 is 32.6 Å². The molecule has 0 fully saturated rings. The highest BCUT2D eigenvalue weighted by atomic mass is 19.4. The summed E-state index contributed by atoms with van der Waals surface area (Å²) in [6.07, 6.45) is -4.83. The fourth-order valence-electron chi connectivity index (χ4n) is 2.06. The maximum atomic E-state index is 12.3. The molecule has 0 saturated heterocycles. The Kier molecular flexibility index (Phi) is 6.22. The van der Waals surface area contributed by atoms with E-state index in [1.54, 1.807) is 20.8 Å². The van der Waals surface area contributed by atoms with Gasteiger partial charge in [-0.3, -0.25) is 9.59 Å². The number of nitrogens with one attached hydrogen (secondary N) is 1.